The number of carbonyl (C=O) groups excluding carboxylic acids is 1. The predicted molar refractivity (Wildman–Crippen MR) is 72.7 cm³/mol. The van der Waals surface area contributed by atoms with Gasteiger partial charge in [0.25, 0.3) is 0 Å². The number of nitrogens with one attached hydrogen (secondary N) is 1. The lowest BCUT2D eigenvalue weighted by Gasteiger charge is -2.31. The monoisotopic (exact) mass is 291 g/mol. The molecule has 1 aliphatic rings. The minimum atomic E-state index is -0.221. The van der Waals surface area contributed by atoms with Gasteiger partial charge in [-0.15, -0.1) is 23.1 Å². The van der Waals surface area contributed by atoms with Crippen molar-refractivity contribution < 1.29 is 9.90 Å². The first kappa shape index (κ1) is 13.2. The lowest BCUT2D eigenvalue weighted by atomic mass is 9.89. The van der Waals surface area contributed by atoms with E-state index in [2.05, 4.69) is 5.32 Å². The summed E-state index contributed by atoms with van der Waals surface area (Å²) in [7, 11) is 0. The van der Waals surface area contributed by atoms with Gasteiger partial charge in [-0.25, -0.2) is 0 Å². The van der Waals surface area contributed by atoms with Crippen LogP contribution >= 0.6 is 34.7 Å². The third-order valence-electron chi connectivity index (χ3n) is 2.58. The molecule has 2 rings (SSSR count). The minimum Gasteiger partial charge on any atom is -0.393 e. The highest BCUT2D eigenvalue weighted by Gasteiger charge is 2.28. The van der Waals surface area contributed by atoms with E-state index >= 15 is 0 Å². The van der Waals surface area contributed by atoms with Crippen molar-refractivity contribution in [2.24, 2.45) is 0 Å². The Morgan fingerprint density at radius 2 is 2.35 bits per heavy atom. The number of hydrogen-bond donors (Lipinski definition) is 2. The molecule has 94 valence electrons. The third kappa shape index (κ3) is 4.17. The van der Waals surface area contributed by atoms with E-state index in [9.17, 15) is 4.79 Å². The molecule has 0 atom stereocenters. The number of halogens is 1. The number of carbonyl (C=O) groups is 1. The van der Waals surface area contributed by atoms with Gasteiger partial charge >= 0.3 is 0 Å². The highest BCUT2D eigenvalue weighted by molar-refractivity contribution is 7.99. The Labute approximate surface area is 114 Å². The summed E-state index contributed by atoms with van der Waals surface area (Å²) in [5.41, 5.74) is 0. The molecular weight excluding hydrogens is 278 g/mol. The van der Waals surface area contributed by atoms with Crippen molar-refractivity contribution in [2.75, 3.05) is 5.75 Å². The van der Waals surface area contributed by atoms with E-state index < -0.39 is 0 Å². The Morgan fingerprint density at radius 1 is 1.59 bits per heavy atom. The number of aliphatic hydroxyl groups excluding tert-OH is 1. The quantitative estimate of drug-likeness (QED) is 0.875. The van der Waals surface area contributed by atoms with Gasteiger partial charge in [0.15, 0.2) is 0 Å². The Bertz CT molecular complexity index is 391. The number of aliphatic hydroxyl groups is 1. The Morgan fingerprint density at radius 3 is 2.94 bits per heavy atom. The van der Waals surface area contributed by atoms with Crippen LogP contribution in [0.25, 0.3) is 0 Å². The standard InChI is InChI=1S/C11H14ClNO2S2/c12-10-2-1-9(17-10)5-16-6-11(15)13-7-3-8(14)4-7/h1-2,7-8,14H,3-6H2,(H,13,15). The van der Waals surface area contributed by atoms with E-state index in [1.165, 1.54) is 4.88 Å². The molecule has 1 heterocycles. The van der Waals surface area contributed by atoms with Gasteiger partial charge in [0.2, 0.25) is 5.91 Å². The lowest BCUT2D eigenvalue weighted by Crippen LogP contribution is -2.47. The molecule has 1 aliphatic carbocycles. The molecule has 0 bridgehead atoms. The molecule has 1 aromatic rings. The fraction of sp³-hybridized carbons (Fsp3) is 0.545. The van der Waals surface area contributed by atoms with Crippen LogP contribution in [0.5, 0.6) is 0 Å². The molecule has 17 heavy (non-hydrogen) atoms. The largest absolute Gasteiger partial charge is 0.393 e. The van der Waals surface area contributed by atoms with E-state index in [1.807, 2.05) is 12.1 Å². The minimum absolute atomic E-state index is 0.0505. The summed E-state index contributed by atoms with van der Waals surface area (Å²) in [6.45, 7) is 0. The van der Waals surface area contributed by atoms with Crippen LogP contribution in [-0.4, -0.2) is 28.9 Å². The maximum Gasteiger partial charge on any atom is 0.230 e. The third-order valence-corrected chi connectivity index (χ3v) is 4.98. The number of thiophene rings is 1. The van der Waals surface area contributed by atoms with Gasteiger partial charge in [0, 0.05) is 16.7 Å². The van der Waals surface area contributed by atoms with Gasteiger partial charge in [-0.05, 0) is 25.0 Å². The van der Waals surface area contributed by atoms with Crippen LogP contribution in [0.1, 0.15) is 17.7 Å². The Kier molecular flexibility index (Phi) is 4.73. The van der Waals surface area contributed by atoms with E-state index in [1.54, 1.807) is 23.1 Å². The zero-order chi connectivity index (χ0) is 12.3. The fourth-order valence-corrected chi connectivity index (χ4v) is 3.69. The Hall–Kier alpha value is -0.230. The summed E-state index contributed by atoms with van der Waals surface area (Å²) >= 11 is 8.95. The number of amides is 1. The van der Waals surface area contributed by atoms with Crippen LogP contribution in [0.3, 0.4) is 0 Å². The summed E-state index contributed by atoms with van der Waals surface area (Å²) in [5.74, 6) is 1.33. The average Bonchev–Trinajstić information content (AvgIpc) is 2.62. The highest BCUT2D eigenvalue weighted by atomic mass is 35.5. The van der Waals surface area contributed by atoms with E-state index in [0.29, 0.717) is 18.6 Å². The summed E-state index contributed by atoms with van der Waals surface area (Å²) in [5, 5.41) is 12.0. The topological polar surface area (TPSA) is 49.3 Å². The van der Waals surface area contributed by atoms with Crippen LogP contribution < -0.4 is 5.32 Å². The molecule has 1 saturated carbocycles. The van der Waals surface area contributed by atoms with Gasteiger partial charge in [-0.2, -0.15) is 0 Å². The summed E-state index contributed by atoms with van der Waals surface area (Å²) in [6.07, 6.45) is 1.16. The van der Waals surface area contributed by atoms with Crippen LogP contribution in [0, 0.1) is 0 Å². The van der Waals surface area contributed by atoms with Crippen molar-refractivity contribution in [1.29, 1.82) is 0 Å². The zero-order valence-corrected chi connectivity index (χ0v) is 11.6. The normalized spacial score (nSPS) is 23.2. The van der Waals surface area contributed by atoms with Crippen molar-refractivity contribution in [2.45, 2.75) is 30.7 Å². The van der Waals surface area contributed by atoms with Crippen LogP contribution in [-0.2, 0) is 10.5 Å². The number of thioether (sulfide) groups is 1. The van der Waals surface area contributed by atoms with Crippen molar-refractivity contribution in [3.8, 4) is 0 Å². The SMILES string of the molecule is O=C(CSCc1ccc(Cl)s1)NC1CC(O)C1. The Balaban J connectivity index is 1.60. The summed E-state index contributed by atoms with van der Waals surface area (Å²) < 4.78 is 0.786. The first-order valence-corrected chi connectivity index (χ1v) is 7.78. The molecule has 6 heteroatoms. The van der Waals surface area contributed by atoms with Crippen molar-refractivity contribution in [3.63, 3.8) is 0 Å². The molecule has 0 unspecified atom stereocenters. The van der Waals surface area contributed by atoms with Gasteiger partial charge < -0.3 is 10.4 Å². The van der Waals surface area contributed by atoms with Gasteiger partial charge in [0.05, 0.1) is 16.2 Å². The fourth-order valence-electron chi connectivity index (χ4n) is 1.65. The van der Waals surface area contributed by atoms with Crippen molar-refractivity contribution in [3.05, 3.63) is 21.3 Å². The van der Waals surface area contributed by atoms with Crippen LogP contribution in [0.15, 0.2) is 12.1 Å². The number of rotatable bonds is 5. The van der Waals surface area contributed by atoms with E-state index in [0.717, 1.165) is 10.1 Å². The second kappa shape index (κ2) is 6.09. The molecule has 0 radical (unpaired) electrons. The first-order chi connectivity index (χ1) is 8.13. The molecule has 2 N–H and O–H groups in total. The van der Waals surface area contributed by atoms with Gasteiger partial charge in [-0.3, -0.25) is 4.79 Å². The predicted octanol–water partition coefficient (Wildman–Crippen LogP) is 2.27. The maximum absolute atomic E-state index is 11.5. The molecule has 3 nitrogen and oxygen atoms in total. The second-order valence-corrected chi connectivity index (χ2v) is 6.87. The lowest BCUT2D eigenvalue weighted by molar-refractivity contribution is -0.120. The number of hydrogen-bond acceptors (Lipinski definition) is 4. The van der Waals surface area contributed by atoms with Gasteiger partial charge in [0.1, 0.15) is 0 Å². The molecule has 0 aliphatic heterocycles. The van der Waals surface area contributed by atoms with E-state index in [-0.39, 0.29) is 18.1 Å². The van der Waals surface area contributed by atoms with E-state index in [4.69, 9.17) is 16.7 Å². The maximum atomic E-state index is 11.5. The highest BCUT2D eigenvalue weighted by Crippen LogP contribution is 2.25. The molecule has 0 aromatic carbocycles. The molecule has 1 fully saturated rings. The van der Waals surface area contributed by atoms with Crippen LogP contribution in [0.4, 0.5) is 0 Å². The average molecular weight is 292 g/mol. The summed E-state index contributed by atoms with van der Waals surface area (Å²) in [6, 6.07) is 4.03. The van der Waals surface area contributed by atoms with Gasteiger partial charge in [-0.1, -0.05) is 11.6 Å². The smallest absolute Gasteiger partial charge is 0.230 e. The molecule has 1 aromatic heterocycles. The first-order valence-electron chi connectivity index (χ1n) is 5.43. The molecule has 0 saturated heterocycles. The van der Waals surface area contributed by atoms with Crippen molar-refractivity contribution >= 4 is 40.6 Å². The molecule has 1 amide bonds. The van der Waals surface area contributed by atoms with Crippen molar-refractivity contribution in [1.82, 2.24) is 5.32 Å². The molecule has 0 spiro atoms. The molecular formula is C11H14ClNO2S2. The second-order valence-electron chi connectivity index (χ2n) is 4.09. The zero-order valence-electron chi connectivity index (χ0n) is 9.19. The summed E-state index contributed by atoms with van der Waals surface area (Å²) in [4.78, 5) is 12.7. The van der Waals surface area contributed by atoms with Crippen LogP contribution in [0.2, 0.25) is 4.34 Å².